The fourth-order valence-corrected chi connectivity index (χ4v) is 3.39. The first-order valence-electron chi connectivity index (χ1n) is 16.6. The van der Waals surface area contributed by atoms with Gasteiger partial charge in [-0.1, -0.05) is 131 Å². The molecule has 0 aromatic carbocycles. The van der Waals surface area contributed by atoms with Gasteiger partial charge in [0.1, 0.15) is 0 Å². The molecule has 0 aliphatic heterocycles. The van der Waals surface area contributed by atoms with E-state index in [9.17, 15) is 0 Å². The van der Waals surface area contributed by atoms with E-state index in [0.717, 1.165) is 39.6 Å². The Bertz CT molecular complexity index is 296. The Balaban J connectivity index is -0.000000214. The zero-order chi connectivity index (χ0) is 29.2. The van der Waals surface area contributed by atoms with Crippen LogP contribution in [0.5, 0.6) is 0 Å². The van der Waals surface area contributed by atoms with Gasteiger partial charge >= 0.3 is 0 Å². The van der Waals surface area contributed by atoms with Crippen molar-refractivity contribution in [2.45, 2.75) is 171 Å². The van der Waals surface area contributed by atoms with E-state index in [1.807, 2.05) is 27.5 Å². The van der Waals surface area contributed by atoms with Gasteiger partial charge in [-0.3, -0.25) is 0 Å². The highest BCUT2D eigenvalue weighted by atomic mass is 16.5. The molecule has 0 bridgehead atoms. The SMILES string of the molecule is CCCCCCCOCC.CCCCCCCOCCCCCC.C[B]OCC.C[B]OCCCCCC. The van der Waals surface area contributed by atoms with Gasteiger partial charge in [0.25, 0.3) is 15.0 Å². The summed E-state index contributed by atoms with van der Waals surface area (Å²) in [6, 6.07) is 0. The molecule has 0 spiro atoms. The Labute approximate surface area is 244 Å². The molecule has 0 aliphatic rings. The Morgan fingerprint density at radius 3 is 1.00 bits per heavy atom. The minimum absolute atomic E-state index is 0.788. The van der Waals surface area contributed by atoms with Gasteiger partial charge in [-0.15, -0.1) is 0 Å². The summed E-state index contributed by atoms with van der Waals surface area (Å²) >= 11 is 0. The smallest absolute Gasteiger partial charge is 0.288 e. The van der Waals surface area contributed by atoms with E-state index >= 15 is 0 Å². The minimum Gasteiger partial charge on any atom is -0.441 e. The van der Waals surface area contributed by atoms with Crippen molar-refractivity contribution in [1.82, 2.24) is 0 Å². The molecular formula is C32H72B2O4. The normalized spacial score (nSPS) is 9.89. The van der Waals surface area contributed by atoms with Crippen LogP contribution in [-0.2, 0) is 18.8 Å². The average Bonchev–Trinajstić information content (AvgIpc) is 2.93. The van der Waals surface area contributed by atoms with Gasteiger partial charge in [-0.05, 0) is 39.5 Å². The van der Waals surface area contributed by atoms with Gasteiger partial charge < -0.3 is 18.8 Å². The van der Waals surface area contributed by atoms with Gasteiger partial charge in [0.2, 0.25) is 0 Å². The molecule has 0 rings (SSSR count). The summed E-state index contributed by atoms with van der Waals surface area (Å²) in [6.07, 6.45) is 23.8. The van der Waals surface area contributed by atoms with Crippen LogP contribution >= 0.6 is 0 Å². The Kier molecular flexibility index (Phi) is 63.0. The Morgan fingerprint density at radius 1 is 0.342 bits per heavy atom. The summed E-state index contributed by atoms with van der Waals surface area (Å²) in [5.41, 5.74) is 0. The van der Waals surface area contributed by atoms with Gasteiger partial charge in [0.15, 0.2) is 0 Å². The van der Waals surface area contributed by atoms with Crippen molar-refractivity contribution in [3.63, 3.8) is 0 Å². The van der Waals surface area contributed by atoms with Crippen molar-refractivity contribution in [3.8, 4) is 0 Å². The second-order valence-electron chi connectivity index (χ2n) is 9.56. The van der Waals surface area contributed by atoms with Crippen LogP contribution in [0, 0.1) is 0 Å². The fourth-order valence-electron chi connectivity index (χ4n) is 3.39. The van der Waals surface area contributed by atoms with Crippen molar-refractivity contribution in [1.29, 1.82) is 0 Å². The van der Waals surface area contributed by atoms with E-state index in [1.165, 1.54) is 116 Å². The third-order valence-corrected chi connectivity index (χ3v) is 5.75. The Hall–Kier alpha value is -0.0301. The molecular weight excluding hydrogens is 470 g/mol. The lowest BCUT2D eigenvalue weighted by molar-refractivity contribution is 0.126. The molecule has 0 fully saturated rings. The summed E-state index contributed by atoms with van der Waals surface area (Å²) in [5, 5.41) is 0. The molecule has 0 saturated heterocycles. The van der Waals surface area contributed by atoms with Crippen LogP contribution in [0.4, 0.5) is 0 Å². The zero-order valence-corrected chi connectivity index (χ0v) is 27.8. The van der Waals surface area contributed by atoms with Crippen LogP contribution in [0.15, 0.2) is 0 Å². The lowest BCUT2D eigenvalue weighted by atomic mass is 10.1. The van der Waals surface area contributed by atoms with Crippen LogP contribution < -0.4 is 0 Å². The lowest BCUT2D eigenvalue weighted by Gasteiger charge is -2.03. The first kappa shape index (κ1) is 45.0. The molecule has 0 aliphatic carbocycles. The fraction of sp³-hybridized carbons (Fsp3) is 1.00. The first-order valence-corrected chi connectivity index (χ1v) is 16.6. The maximum atomic E-state index is 5.56. The van der Waals surface area contributed by atoms with Crippen LogP contribution in [0.2, 0.25) is 13.6 Å². The quantitative estimate of drug-likeness (QED) is 0.0805. The highest BCUT2D eigenvalue weighted by Crippen LogP contribution is 2.04. The molecule has 38 heavy (non-hydrogen) atoms. The van der Waals surface area contributed by atoms with Crippen molar-refractivity contribution in [2.24, 2.45) is 0 Å². The van der Waals surface area contributed by atoms with Crippen molar-refractivity contribution >= 4 is 15.0 Å². The number of hydrogen-bond donors (Lipinski definition) is 0. The molecule has 0 atom stereocenters. The first-order chi connectivity index (χ1) is 18.7. The van der Waals surface area contributed by atoms with Crippen molar-refractivity contribution in [2.75, 3.05) is 39.6 Å². The summed E-state index contributed by atoms with van der Waals surface area (Å²) in [4.78, 5) is 0. The van der Waals surface area contributed by atoms with Crippen molar-refractivity contribution < 1.29 is 18.8 Å². The zero-order valence-electron chi connectivity index (χ0n) is 27.8. The van der Waals surface area contributed by atoms with Gasteiger partial charge in [-0.25, -0.2) is 0 Å². The van der Waals surface area contributed by atoms with E-state index in [4.69, 9.17) is 18.8 Å². The summed E-state index contributed by atoms with van der Waals surface area (Å²) in [5.74, 6) is 0. The molecule has 0 saturated carbocycles. The van der Waals surface area contributed by atoms with E-state index in [-0.39, 0.29) is 0 Å². The van der Waals surface area contributed by atoms with Gasteiger partial charge in [0, 0.05) is 39.6 Å². The van der Waals surface area contributed by atoms with E-state index < -0.39 is 0 Å². The molecule has 0 N–H and O–H groups in total. The highest BCUT2D eigenvalue weighted by Gasteiger charge is 1.91. The van der Waals surface area contributed by atoms with Gasteiger partial charge in [0.05, 0.1) is 0 Å². The maximum Gasteiger partial charge on any atom is 0.288 e. The summed E-state index contributed by atoms with van der Waals surface area (Å²) in [6.45, 7) is 22.2. The lowest BCUT2D eigenvalue weighted by Crippen LogP contribution is -1.97. The third kappa shape index (κ3) is 65.2. The van der Waals surface area contributed by atoms with Crippen LogP contribution in [-0.4, -0.2) is 54.6 Å². The minimum atomic E-state index is 0.788. The molecule has 6 heteroatoms. The van der Waals surface area contributed by atoms with E-state index in [1.54, 1.807) is 15.0 Å². The molecule has 4 nitrogen and oxygen atoms in total. The molecule has 230 valence electrons. The average molecular weight is 543 g/mol. The molecule has 2 radical (unpaired) electrons. The number of unbranched alkanes of at least 4 members (excludes halogenated alkanes) is 14. The maximum absolute atomic E-state index is 5.56. The number of rotatable bonds is 26. The molecule has 0 amide bonds. The van der Waals surface area contributed by atoms with Crippen LogP contribution in [0.3, 0.4) is 0 Å². The third-order valence-electron chi connectivity index (χ3n) is 5.75. The standard InChI is InChI=1S/C13H28O.C9H20O.C7H16BO.C3H8BO/c1-3-5-7-9-11-13-14-12-10-8-6-4-2;1-3-5-6-7-8-9-10-4-2;1-3-4-5-6-7-9-8-2;1-3-5-4-2/h3-13H2,1-2H3;3-9H2,1-2H3;3-7H2,1-2H3;3H2,1-2H3. The number of hydrogen-bond acceptors (Lipinski definition) is 4. The van der Waals surface area contributed by atoms with Crippen LogP contribution in [0.1, 0.15) is 157 Å². The van der Waals surface area contributed by atoms with E-state index in [0.29, 0.717) is 0 Å². The summed E-state index contributed by atoms with van der Waals surface area (Å²) in [7, 11) is 3.44. The monoisotopic (exact) mass is 543 g/mol. The number of ether oxygens (including phenoxy) is 2. The molecule has 0 heterocycles. The predicted molar refractivity (Wildman–Crippen MR) is 174 cm³/mol. The second kappa shape index (κ2) is 53.3. The van der Waals surface area contributed by atoms with Crippen molar-refractivity contribution in [3.05, 3.63) is 0 Å². The largest absolute Gasteiger partial charge is 0.441 e. The molecule has 0 aromatic rings. The molecule has 0 aromatic heterocycles. The van der Waals surface area contributed by atoms with E-state index in [2.05, 4.69) is 27.7 Å². The summed E-state index contributed by atoms with van der Waals surface area (Å²) < 4.78 is 20.5. The predicted octanol–water partition coefficient (Wildman–Crippen LogP) is 10.5. The highest BCUT2D eigenvalue weighted by molar-refractivity contribution is 6.24. The van der Waals surface area contributed by atoms with Gasteiger partial charge in [-0.2, -0.15) is 0 Å². The topological polar surface area (TPSA) is 36.9 Å². The molecule has 0 unspecified atom stereocenters. The van der Waals surface area contributed by atoms with Crippen LogP contribution in [0.25, 0.3) is 0 Å². The second-order valence-corrected chi connectivity index (χ2v) is 9.56. The Morgan fingerprint density at radius 2 is 0.684 bits per heavy atom.